The summed E-state index contributed by atoms with van der Waals surface area (Å²) in [6.45, 7) is 4.18. The molecular weight excluding hydrogens is 527 g/mol. The Morgan fingerprint density at radius 1 is 1.17 bits per heavy atom. The molecule has 0 spiro atoms. The molecule has 2 rings (SSSR count). The van der Waals surface area contributed by atoms with Crippen LogP contribution in [0.2, 0.25) is 0 Å². The lowest BCUT2D eigenvalue weighted by Gasteiger charge is -2.18. The number of hydrogen-bond acceptors (Lipinski definition) is 4. The lowest BCUT2D eigenvalue weighted by atomic mass is 10.1. The first-order chi connectivity index (χ1) is 13.8. The maximum Gasteiger partial charge on any atom is 0.191 e. The van der Waals surface area contributed by atoms with E-state index in [1.54, 1.807) is 6.07 Å². The SMILES string of the molecule is CCNC(=NCCS(=O)(=O)c1ccccc1F)NC(C)c1ccc(OC)c(F)c1.I. The van der Waals surface area contributed by atoms with E-state index >= 15 is 0 Å². The summed E-state index contributed by atoms with van der Waals surface area (Å²) in [7, 11) is -2.40. The molecule has 166 valence electrons. The molecule has 0 fully saturated rings. The molecule has 2 aromatic carbocycles. The van der Waals surface area contributed by atoms with Gasteiger partial charge in [0.25, 0.3) is 0 Å². The Labute approximate surface area is 193 Å². The van der Waals surface area contributed by atoms with Gasteiger partial charge in [0, 0.05) is 6.54 Å². The van der Waals surface area contributed by atoms with Crippen molar-refractivity contribution >= 4 is 39.8 Å². The Bertz CT molecular complexity index is 972. The van der Waals surface area contributed by atoms with Crippen LogP contribution in [0.15, 0.2) is 52.4 Å². The fourth-order valence-corrected chi connectivity index (χ4v) is 3.85. The Balaban J connectivity index is 0.00000450. The number of nitrogens with zero attached hydrogens (tertiary/aromatic N) is 1. The molecule has 0 radical (unpaired) electrons. The lowest BCUT2D eigenvalue weighted by molar-refractivity contribution is 0.386. The monoisotopic (exact) mass is 553 g/mol. The minimum Gasteiger partial charge on any atom is -0.494 e. The quantitative estimate of drug-likeness (QED) is 0.296. The van der Waals surface area contributed by atoms with Crippen LogP contribution in [0.4, 0.5) is 8.78 Å². The molecule has 0 heterocycles. The first-order valence-electron chi connectivity index (χ1n) is 9.14. The Morgan fingerprint density at radius 2 is 1.87 bits per heavy atom. The average Bonchev–Trinajstić information content (AvgIpc) is 2.68. The van der Waals surface area contributed by atoms with Gasteiger partial charge in [0.2, 0.25) is 0 Å². The summed E-state index contributed by atoms with van der Waals surface area (Å²) >= 11 is 0. The van der Waals surface area contributed by atoms with E-state index in [9.17, 15) is 17.2 Å². The highest BCUT2D eigenvalue weighted by Crippen LogP contribution is 2.21. The van der Waals surface area contributed by atoms with Crippen molar-refractivity contribution in [1.82, 2.24) is 10.6 Å². The molecule has 0 saturated carbocycles. The summed E-state index contributed by atoms with van der Waals surface area (Å²) in [6, 6.07) is 9.58. The van der Waals surface area contributed by atoms with Gasteiger partial charge in [-0.2, -0.15) is 0 Å². The number of ether oxygens (including phenoxy) is 1. The highest BCUT2D eigenvalue weighted by Gasteiger charge is 2.18. The molecule has 1 atom stereocenters. The van der Waals surface area contributed by atoms with E-state index in [2.05, 4.69) is 15.6 Å². The maximum absolute atomic E-state index is 13.9. The van der Waals surface area contributed by atoms with Crippen LogP contribution in [0.25, 0.3) is 0 Å². The second-order valence-electron chi connectivity index (χ2n) is 6.27. The number of benzene rings is 2. The van der Waals surface area contributed by atoms with Crippen LogP contribution >= 0.6 is 24.0 Å². The predicted octanol–water partition coefficient (Wildman–Crippen LogP) is 3.68. The van der Waals surface area contributed by atoms with Gasteiger partial charge in [-0.05, 0) is 43.7 Å². The summed E-state index contributed by atoms with van der Waals surface area (Å²) in [4.78, 5) is 3.91. The van der Waals surface area contributed by atoms with Crippen LogP contribution in [0.5, 0.6) is 5.75 Å². The standard InChI is InChI=1S/C20H25F2N3O3S.HI/c1-4-23-20(25-14(2)15-9-10-18(28-3)17(22)13-15)24-11-12-29(26,27)19-8-6-5-7-16(19)21;/h5-10,13-14H,4,11-12H2,1-3H3,(H2,23,24,25);1H. The summed E-state index contributed by atoms with van der Waals surface area (Å²) in [5.41, 5.74) is 0.674. The van der Waals surface area contributed by atoms with Gasteiger partial charge in [-0.15, -0.1) is 24.0 Å². The second-order valence-corrected chi connectivity index (χ2v) is 8.35. The van der Waals surface area contributed by atoms with Crippen LogP contribution < -0.4 is 15.4 Å². The Hall–Kier alpha value is -1.95. The molecule has 0 amide bonds. The third-order valence-corrected chi connectivity index (χ3v) is 5.90. The smallest absolute Gasteiger partial charge is 0.191 e. The Kier molecular flexibility index (Phi) is 10.5. The number of methoxy groups -OCH3 is 1. The number of guanidine groups is 1. The molecule has 2 aromatic rings. The van der Waals surface area contributed by atoms with Crippen LogP contribution in [-0.4, -0.2) is 40.3 Å². The third kappa shape index (κ3) is 7.08. The maximum atomic E-state index is 13.9. The second kappa shape index (κ2) is 12.0. The summed E-state index contributed by atoms with van der Waals surface area (Å²) in [5, 5.41) is 6.11. The van der Waals surface area contributed by atoms with E-state index in [-0.39, 0.29) is 53.0 Å². The van der Waals surface area contributed by atoms with E-state index in [0.717, 1.165) is 6.07 Å². The normalized spacial score (nSPS) is 12.6. The van der Waals surface area contributed by atoms with Crippen molar-refractivity contribution in [3.63, 3.8) is 0 Å². The van der Waals surface area contributed by atoms with E-state index in [0.29, 0.717) is 18.1 Å². The molecular formula is C20H26F2IN3O3S. The Morgan fingerprint density at radius 3 is 2.47 bits per heavy atom. The van der Waals surface area contributed by atoms with E-state index in [1.165, 1.54) is 37.4 Å². The lowest BCUT2D eigenvalue weighted by Crippen LogP contribution is -2.39. The molecule has 0 bridgehead atoms. The van der Waals surface area contributed by atoms with Gasteiger partial charge in [-0.1, -0.05) is 18.2 Å². The summed E-state index contributed by atoms with van der Waals surface area (Å²) in [5.74, 6) is -1.07. The van der Waals surface area contributed by atoms with Crippen molar-refractivity contribution in [2.24, 2.45) is 4.99 Å². The van der Waals surface area contributed by atoms with Crippen molar-refractivity contribution in [3.05, 3.63) is 59.7 Å². The van der Waals surface area contributed by atoms with Crippen LogP contribution in [-0.2, 0) is 9.84 Å². The van der Waals surface area contributed by atoms with Gasteiger partial charge in [-0.25, -0.2) is 17.2 Å². The zero-order chi connectivity index (χ0) is 21.4. The van der Waals surface area contributed by atoms with Gasteiger partial charge in [0.1, 0.15) is 10.7 Å². The van der Waals surface area contributed by atoms with Crippen molar-refractivity contribution < 1.29 is 21.9 Å². The molecule has 30 heavy (non-hydrogen) atoms. The van der Waals surface area contributed by atoms with Gasteiger partial charge >= 0.3 is 0 Å². The van der Waals surface area contributed by atoms with E-state index < -0.39 is 21.5 Å². The first-order valence-corrected chi connectivity index (χ1v) is 10.8. The number of rotatable bonds is 8. The number of hydrogen-bond donors (Lipinski definition) is 2. The number of nitrogens with one attached hydrogen (secondary N) is 2. The summed E-state index contributed by atoms with van der Waals surface area (Å²) in [6.07, 6.45) is 0. The molecule has 10 heteroatoms. The van der Waals surface area contributed by atoms with Crippen molar-refractivity contribution in [3.8, 4) is 5.75 Å². The van der Waals surface area contributed by atoms with Crippen molar-refractivity contribution in [1.29, 1.82) is 0 Å². The molecule has 0 aliphatic rings. The van der Waals surface area contributed by atoms with Crippen molar-refractivity contribution in [2.75, 3.05) is 26.0 Å². The molecule has 0 aliphatic carbocycles. The van der Waals surface area contributed by atoms with Crippen molar-refractivity contribution in [2.45, 2.75) is 24.8 Å². The number of aliphatic imine (C=N–C) groups is 1. The fourth-order valence-electron chi connectivity index (χ4n) is 2.64. The predicted molar refractivity (Wildman–Crippen MR) is 124 cm³/mol. The fraction of sp³-hybridized carbons (Fsp3) is 0.350. The van der Waals surface area contributed by atoms with Crippen LogP contribution in [0, 0.1) is 11.6 Å². The average molecular weight is 553 g/mol. The molecule has 0 aliphatic heterocycles. The third-order valence-electron chi connectivity index (χ3n) is 4.17. The van der Waals surface area contributed by atoms with Gasteiger partial charge in [-0.3, -0.25) is 4.99 Å². The van der Waals surface area contributed by atoms with Gasteiger partial charge < -0.3 is 15.4 Å². The highest BCUT2D eigenvalue weighted by atomic mass is 127. The molecule has 0 saturated heterocycles. The summed E-state index contributed by atoms with van der Waals surface area (Å²) < 4.78 is 57.3. The topological polar surface area (TPSA) is 79.8 Å². The highest BCUT2D eigenvalue weighted by molar-refractivity contribution is 14.0. The zero-order valence-electron chi connectivity index (χ0n) is 17.0. The van der Waals surface area contributed by atoms with Gasteiger partial charge in [0.15, 0.2) is 27.4 Å². The first kappa shape index (κ1) is 26.1. The zero-order valence-corrected chi connectivity index (χ0v) is 20.1. The minimum atomic E-state index is -3.80. The van der Waals surface area contributed by atoms with E-state index in [4.69, 9.17) is 4.74 Å². The molecule has 0 aromatic heterocycles. The van der Waals surface area contributed by atoms with E-state index in [1.807, 2.05) is 13.8 Å². The van der Waals surface area contributed by atoms with Crippen LogP contribution in [0.3, 0.4) is 0 Å². The largest absolute Gasteiger partial charge is 0.494 e. The number of sulfone groups is 1. The molecule has 1 unspecified atom stereocenters. The number of halogens is 3. The van der Waals surface area contributed by atoms with Crippen LogP contribution in [0.1, 0.15) is 25.5 Å². The molecule has 2 N–H and O–H groups in total. The minimum absolute atomic E-state index is 0. The molecule has 6 nitrogen and oxygen atoms in total. The van der Waals surface area contributed by atoms with Gasteiger partial charge in [0.05, 0.1) is 25.4 Å².